The molecule has 2 fully saturated rings. The van der Waals surface area contributed by atoms with Gasteiger partial charge in [0, 0.05) is 5.92 Å². The summed E-state index contributed by atoms with van der Waals surface area (Å²) >= 11 is 0. The summed E-state index contributed by atoms with van der Waals surface area (Å²) in [6.07, 6.45) is 2.40. The molecule has 0 aromatic heterocycles. The molecule has 2 aliphatic rings. The first-order chi connectivity index (χ1) is 4.38. The molecule has 2 rings (SSSR count). The number of hydrogen-bond donors (Lipinski definition) is 1. The molecule has 0 amide bonds. The van der Waals surface area contributed by atoms with Crippen molar-refractivity contribution >= 4 is 5.78 Å². The molecule has 1 aliphatic carbocycles. The molecule has 50 valence electrons. The van der Waals surface area contributed by atoms with Crippen molar-refractivity contribution in [1.29, 1.82) is 0 Å². The number of rotatable bonds is 0. The summed E-state index contributed by atoms with van der Waals surface area (Å²) in [7, 11) is 0. The molecule has 9 heavy (non-hydrogen) atoms. The monoisotopic (exact) mass is 125 g/mol. The van der Waals surface area contributed by atoms with E-state index in [9.17, 15) is 4.79 Å². The SMILES string of the molecule is O=C1CNCCC2CC12. The maximum absolute atomic E-state index is 11.0. The van der Waals surface area contributed by atoms with E-state index in [0.717, 1.165) is 12.5 Å². The number of ketones is 1. The maximum Gasteiger partial charge on any atom is 0.149 e. The predicted molar refractivity (Wildman–Crippen MR) is 34.1 cm³/mol. The van der Waals surface area contributed by atoms with Crippen molar-refractivity contribution in [2.75, 3.05) is 13.1 Å². The molecule has 2 atom stereocenters. The highest BCUT2D eigenvalue weighted by Gasteiger charge is 2.42. The standard InChI is InChI=1S/C7H11NO/c9-7-4-8-2-1-5-3-6(5)7/h5-6,8H,1-4H2. The molecule has 1 heterocycles. The highest BCUT2D eigenvalue weighted by atomic mass is 16.1. The Morgan fingerprint density at radius 2 is 2.44 bits per heavy atom. The van der Waals surface area contributed by atoms with Gasteiger partial charge in [-0.25, -0.2) is 0 Å². The Labute approximate surface area is 54.6 Å². The third-order valence-electron chi connectivity index (χ3n) is 2.33. The maximum atomic E-state index is 11.0. The Morgan fingerprint density at radius 1 is 1.56 bits per heavy atom. The highest BCUT2D eigenvalue weighted by Crippen LogP contribution is 2.42. The van der Waals surface area contributed by atoms with Gasteiger partial charge >= 0.3 is 0 Å². The first-order valence-corrected chi connectivity index (χ1v) is 3.61. The molecule has 0 spiro atoms. The predicted octanol–water partition coefficient (Wildman–Crippen LogP) is 0.185. The van der Waals surface area contributed by atoms with Crippen LogP contribution in [0.3, 0.4) is 0 Å². The summed E-state index contributed by atoms with van der Waals surface area (Å²) in [6.45, 7) is 1.67. The molecular weight excluding hydrogens is 114 g/mol. The molecule has 2 heteroatoms. The normalized spacial score (nSPS) is 41.6. The molecule has 1 N–H and O–H groups in total. The van der Waals surface area contributed by atoms with E-state index < -0.39 is 0 Å². The minimum atomic E-state index is 0.442. The van der Waals surface area contributed by atoms with Gasteiger partial charge in [-0.05, 0) is 25.3 Å². The minimum Gasteiger partial charge on any atom is -0.310 e. The Balaban J connectivity index is 2.03. The molecule has 0 aromatic rings. The van der Waals surface area contributed by atoms with Crippen LogP contribution in [0.25, 0.3) is 0 Å². The van der Waals surface area contributed by atoms with Crippen LogP contribution in [-0.2, 0) is 4.79 Å². The lowest BCUT2D eigenvalue weighted by atomic mass is 10.2. The number of hydrogen-bond acceptors (Lipinski definition) is 2. The lowest BCUT2D eigenvalue weighted by Gasteiger charge is -1.95. The van der Waals surface area contributed by atoms with Gasteiger partial charge in [-0.3, -0.25) is 4.79 Å². The van der Waals surface area contributed by atoms with E-state index in [1.54, 1.807) is 0 Å². The van der Waals surface area contributed by atoms with Crippen LogP contribution in [0.1, 0.15) is 12.8 Å². The minimum absolute atomic E-state index is 0.442. The largest absolute Gasteiger partial charge is 0.310 e. The van der Waals surface area contributed by atoms with E-state index in [4.69, 9.17) is 0 Å². The van der Waals surface area contributed by atoms with Gasteiger partial charge in [-0.1, -0.05) is 0 Å². The summed E-state index contributed by atoms with van der Waals surface area (Å²) in [5.41, 5.74) is 0. The van der Waals surface area contributed by atoms with E-state index in [2.05, 4.69) is 5.32 Å². The summed E-state index contributed by atoms with van der Waals surface area (Å²) in [4.78, 5) is 11.0. The lowest BCUT2D eigenvalue weighted by Crippen LogP contribution is -2.22. The van der Waals surface area contributed by atoms with Crippen molar-refractivity contribution in [3.8, 4) is 0 Å². The van der Waals surface area contributed by atoms with Gasteiger partial charge < -0.3 is 5.32 Å². The fourth-order valence-electron chi connectivity index (χ4n) is 1.59. The van der Waals surface area contributed by atoms with Crippen molar-refractivity contribution in [3.05, 3.63) is 0 Å². The van der Waals surface area contributed by atoms with Crippen LogP contribution >= 0.6 is 0 Å². The Bertz CT molecular complexity index is 144. The van der Waals surface area contributed by atoms with E-state index in [0.29, 0.717) is 18.2 Å². The van der Waals surface area contributed by atoms with Crippen molar-refractivity contribution in [3.63, 3.8) is 0 Å². The zero-order valence-corrected chi connectivity index (χ0v) is 5.39. The third-order valence-corrected chi connectivity index (χ3v) is 2.33. The second-order valence-corrected chi connectivity index (χ2v) is 3.03. The van der Waals surface area contributed by atoms with Crippen LogP contribution in [0.4, 0.5) is 0 Å². The van der Waals surface area contributed by atoms with Crippen LogP contribution in [0, 0.1) is 11.8 Å². The van der Waals surface area contributed by atoms with Gasteiger partial charge in [0.1, 0.15) is 5.78 Å². The first kappa shape index (κ1) is 5.42. The fraction of sp³-hybridized carbons (Fsp3) is 0.857. The average Bonchev–Trinajstić information content (AvgIpc) is 2.55. The van der Waals surface area contributed by atoms with Gasteiger partial charge in [-0.15, -0.1) is 0 Å². The van der Waals surface area contributed by atoms with Crippen molar-refractivity contribution in [2.24, 2.45) is 11.8 Å². The van der Waals surface area contributed by atoms with E-state index in [1.165, 1.54) is 12.8 Å². The molecule has 1 saturated heterocycles. The first-order valence-electron chi connectivity index (χ1n) is 3.61. The number of nitrogens with one attached hydrogen (secondary N) is 1. The molecule has 0 bridgehead atoms. The third kappa shape index (κ3) is 0.874. The number of carbonyl (C=O) groups excluding carboxylic acids is 1. The van der Waals surface area contributed by atoms with Crippen molar-refractivity contribution in [2.45, 2.75) is 12.8 Å². The Kier molecular flexibility index (Phi) is 1.09. The molecule has 0 aromatic carbocycles. The van der Waals surface area contributed by atoms with E-state index in [1.807, 2.05) is 0 Å². The van der Waals surface area contributed by atoms with E-state index in [-0.39, 0.29) is 0 Å². The van der Waals surface area contributed by atoms with Crippen LogP contribution in [0.15, 0.2) is 0 Å². The van der Waals surface area contributed by atoms with Gasteiger partial charge in [0.2, 0.25) is 0 Å². The number of fused-ring (bicyclic) bond motifs is 1. The summed E-state index contributed by atoms with van der Waals surface area (Å²) in [6, 6.07) is 0. The second kappa shape index (κ2) is 1.81. The fourth-order valence-corrected chi connectivity index (χ4v) is 1.59. The zero-order chi connectivity index (χ0) is 6.27. The van der Waals surface area contributed by atoms with E-state index >= 15 is 0 Å². The van der Waals surface area contributed by atoms with Gasteiger partial charge in [-0.2, -0.15) is 0 Å². The smallest absolute Gasteiger partial charge is 0.149 e. The zero-order valence-electron chi connectivity index (χ0n) is 5.39. The number of Topliss-reactive ketones (excluding diaryl/α,β-unsaturated/α-hetero) is 1. The number of carbonyl (C=O) groups is 1. The quantitative estimate of drug-likeness (QED) is 0.500. The van der Waals surface area contributed by atoms with Crippen molar-refractivity contribution in [1.82, 2.24) is 5.32 Å². The summed E-state index contributed by atoms with van der Waals surface area (Å²) in [5, 5.41) is 3.11. The van der Waals surface area contributed by atoms with Gasteiger partial charge in [0.15, 0.2) is 0 Å². The van der Waals surface area contributed by atoms with Crippen LogP contribution in [0.5, 0.6) is 0 Å². The molecule has 1 aliphatic heterocycles. The molecule has 1 saturated carbocycles. The van der Waals surface area contributed by atoms with Crippen LogP contribution < -0.4 is 5.32 Å². The van der Waals surface area contributed by atoms with Crippen LogP contribution in [0.2, 0.25) is 0 Å². The topological polar surface area (TPSA) is 29.1 Å². The van der Waals surface area contributed by atoms with Gasteiger partial charge in [0.25, 0.3) is 0 Å². The van der Waals surface area contributed by atoms with Crippen LogP contribution in [-0.4, -0.2) is 18.9 Å². The molecule has 2 unspecified atom stereocenters. The average molecular weight is 125 g/mol. The summed E-state index contributed by atoms with van der Waals surface area (Å²) in [5.74, 6) is 1.66. The molecular formula is C7H11NO. The molecule has 0 radical (unpaired) electrons. The lowest BCUT2D eigenvalue weighted by molar-refractivity contribution is -0.119. The van der Waals surface area contributed by atoms with Gasteiger partial charge in [0.05, 0.1) is 6.54 Å². The highest BCUT2D eigenvalue weighted by molar-refractivity contribution is 5.85. The second-order valence-electron chi connectivity index (χ2n) is 3.03. The van der Waals surface area contributed by atoms with Crippen molar-refractivity contribution < 1.29 is 4.79 Å². The Hall–Kier alpha value is -0.370. The Morgan fingerprint density at radius 3 is 3.33 bits per heavy atom. The molecule has 2 nitrogen and oxygen atoms in total. The summed E-state index contributed by atoms with van der Waals surface area (Å²) < 4.78 is 0.